The van der Waals surface area contributed by atoms with Gasteiger partial charge in [0.15, 0.2) is 5.78 Å². The molecule has 23 heavy (non-hydrogen) atoms. The second kappa shape index (κ2) is 5.99. The Morgan fingerprint density at radius 3 is 2.17 bits per heavy atom. The van der Waals surface area contributed by atoms with Crippen LogP contribution in [0.5, 0.6) is 0 Å². The molecule has 0 atom stereocenters. The standard InChI is InChI=1S/C20H21NO2/c1-14-5-3-4-6-18(14)20(11-12-20)13-21-19(23)17-9-7-16(8-10-17)15(2)22/h3-10H,11-13H2,1-2H3,(H,21,23). The van der Waals surface area contributed by atoms with Crippen molar-refractivity contribution < 1.29 is 9.59 Å². The Labute approximate surface area is 136 Å². The topological polar surface area (TPSA) is 46.2 Å². The van der Waals surface area contributed by atoms with Gasteiger partial charge in [0.1, 0.15) is 0 Å². The van der Waals surface area contributed by atoms with Crippen LogP contribution < -0.4 is 5.32 Å². The second-order valence-electron chi connectivity index (χ2n) is 6.41. The van der Waals surface area contributed by atoms with Crippen molar-refractivity contribution in [3.05, 3.63) is 70.8 Å². The Balaban J connectivity index is 1.67. The summed E-state index contributed by atoms with van der Waals surface area (Å²) in [4.78, 5) is 23.6. The van der Waals surface area contributed by atoms with Crippen LogP contribution >= 0.6 is 0 Å². The minimum absolute atomic E-state index is 0.00782. The summed E-state index contributed by atoms with van der Waals surface area (Å²) in [5.41, 5.74) is 3.94. The Bertz CT molecular complexity index is 742. The summed E-state index contributed by atoms with van der Waals surface area (Å²) in [5, 5.41) is 3.05. The molecule has 0 aromatic heterocycles. The fourth-order valence-corrected chi connectivity index (χ4v) is 3.07. The molecule has 1 amide bonds. The number of amides is 1. The highest BCUT2D eigenvalue weighted by Gasteiger charge is 2.45. The maximum atomic E-state index is 12.3. The number of ketones is 1. The zero-order valence-electron chi connectivity index (χ0n) is 13.6. The number of nitrogens with one attached hydrogen (secondary N) is 1. The van der Waals surface area contributed by atoms with Crippen LogP contribution in [0.2, 0.25) is 0 Å². The summed E-state index contributed by atoms with van der Waals surface area (Å²) in [6.45, 7) is 4.30. The minimum atomic E-state index is -0.0834. The molecule has 3 nitrogen and oxygen atoms in total. The Morgan fingerprint density at radius 2 is 1.61 bits per heavy atom. The predicted octanol–water partition coefficient (Wildman–Crippen LogP) is 3.66. The molecular formula is C20H21NO2. The van der Waals surface area contributed by atoms with Crippen LogP contribution in [-0.4, -0.2) is 18.2 Å². The average molecular weight is 307 g/mol. The van der Waals surface area contributed by atoms with E-state index in [1.165, 1.54) is 18.1 Å². The van der Waals surface area contributed by atoms with E-state index in [-0.39, 0.29) is 17.1 Å². The van der Waals surface area contributed by atoms with Crippen molar-refractivity contribution in [1.29, 1.82) is 0 Å². The molecule has 1 N–H and O–H groups in total. The molecular weight excluding hydrogens is 286 g/mol. The number of carbonyl (C=O) groups is 2. The molecule has 3 rings (SSSR count). The first-order chi connectivity index (χ1) is 11.0. The lowest BCUT2D eigenvalue weighted by molar-refractivity contribution is 0.0947. The van der Waals surface area contributed by atoms with E-state index in [4.69, 9.17) is 0 Å². The van der Waals surface area contributed by atoms with Crippen LogP contribution in [0.15, 0.2) is 48.5 Å². The van der Waals surface area contributed by atoms with Gasteiger partial charge in [-0.15, -0.1) is 0 Å². The lowest BCUT2D eigenvalue weighted by atomic mass is 9.92. The Kier molecular flexibility index (Phi) is 4.03. The quantitative estimate of drug-likeness (QED) is 0.857. The van der Waals surface area contributed by atoms with Gasteiger partial charge in [-0.25, -0.2) is 0 Å². The van der Waals surface area contributed by atoms with Gasteiger partial charge in [-0.05, 0) is 49.9 Å². The van der Waals surface area contributed by atoms with Crippen LogP contribution in [0.1, 0.15) is 51.6 Å². The summed E-state index contributed by atoms with van der Waals surface area (Å²) in [5.74, 6) is -0.0756. The van der Waals surface area contributed by atoms with E-state index in [1.807, 2.05) is 6.07 Å². The average Bonchev–Trinajstić information content (AvgIpc) is 3.34. The lowest BCUT2D eigenvalue weighted by Gasteiger charge is -2.19. The number of aryl methyl sites for hydroxylation is 1. The number of rotatable bonds is 5. The van der Waals surface area contributed by atoms with Crippen LogP contribution in [0.3, 0.4) is 0 Å². The fraction of sp³-hybridized carbons (Fsp3) is 0.300. The van der Waals surface area contributed by atoms with Crippen molar-refractivity contribution >= 4 is 11.7 Å². The molecule has 0 bridgehead atoms. The van der Waals surface area contributed by atoms with Gasteiger partial charge in [-0.1, -0.05) is 36.4 Å². The highest BCUT2D eigenvalue weighted by molar-refractivity contribution is 5.97. The van der Waals surface area contributed by atoms with Gasteiger partial charge < -0.3 is 5.32 Å². The Morgan fingerprint density at radius 1 is 1.00 bits per heavy atom. The zero-order chi connectivity index (χ0) is 16.4. The monoisotopic (exact) mass is 307 g/mol. The molecule has 0 saturated heterocycles. The number of hydrogen-bond acceptors (Lipinski definition) is 2. The van der Waals surface area contributed by atoms with Crippen molar-refractivity contribution in [3.8, 4) is 0 Å². The first-order valence-corrected chi connectivity index (χ1v) is 7.97. The number of Topliss-reactive ketones (excluding diaryl/α,β-unsaturated/α-hetero) is 1. The van der Waals surface area contributed by atoms with Crippen molar-refractivity contribution in [2.45, 2.75) is 32.1 Å². The molecule has 3 heteroatoms. The summed E-state index contributed by atoms with van der Waals surface area (Å²) < 4.78 is 0. The molecule has 2 aromatic carbocycles. The van der Waals surface area contributed by atoms with E-state index in [0.717, 1.165) is 12.8 Å². The maximum absolute atomic E-state index is 12.3. The van der Waals surface area contributed by atoms with Crippen molar-refractivity contribution in [3.63, 3.8) is 0 Å². The van der Waals surface area contributed by atoms with Crippen molar-refractivity contribution in [2.24, 2.45) is 0 Å². The number of hydrogen-bond donors (Lipinski definition) is 1. The highest BCUT2D eigenvalue weighted by atomic mass is 16.1. The van der Waals surface area contributed by atoms with Crippen LogP contribution in [-0.2, 0) is 5.41 Å². The largest absolute Gasteiger partial charge is 0.351 e. The molecule has 0 heterocycles. The second-order valence-corrected chi connectivity index (χ2v) is 6.41. The van der Waals surface area contributed by atoms with E-state index >= 15 is 0 Å². The van der Waals surface area contributed by atoms with Gasteiger partial charge in [0.25, 0.3) is 5.91 Å². The first-order valence-electron chi connectivity index (χ1n) is 7.97. The lowest BCUT2D eigenvalue weighted by Crippen LogP contribution is -2.32. The molecule has 0 aliphatic heterocycles. The highest BCUT2D eigenvalue weighted by Crippen LogP contribution is 2.48. The third kappa shape index (κ3) is 3.19. The van der Waals surface area contributed by atoms with Gasteiger partial charge in [0, 0.05) is 23.1 Å². The Hall–Kier alpha value is -2.42. The third-order valence-electron chi connectivity index (χ3n) is 4.71. The molecule has 1 aliphatic rings. The molecule has 2 aromatic rings. The van der Waals surface area contributed by atoms with Crippen LogP contribution in [0, 0.1) is 6.92 Å². The summed E-state index contributed by atoms with van der Waals surface area (Å²) in [7, 11) is 0. The van der Waals surface area contributed by atoms with Gasteiger partial charge >= 0.3 is 0 Å². The SMILES string of the molecule is CC(=O)c1ccc(C(=O)NCC2(c3ccccc3C)CC2)cc1. The van der Waals surface area contributed by atoms with Gasteiger partial charge in [-0.2, -0.15) is 0 Å². The van der Waals surface area contributed by atoms with Crippen molar-refractivity contribution in [1.82, 2.24) is 5.32 Å². The molecule has 1 saturated carbocycles. The summed E-state index contributed by atoms with van der Waals surface area (Å²) in [6, 6.07) is 15.2. The molecule has 1 aliphatic carbocycles. The molecule has 0 unspecified atom stereocenters. The van der Waals surface area contributed by atoms with Crippen LogP contribution in [0.4, 0.5) is 0 Å². The minimum Gasteiger partial charge on any atom is -0.351 e. The smallest absolute Gasteiger partial charge is 0.251 e. The third-order valence-corrected chi connectivity index (χ3v) is 4.71. The molecule has 0 radical (unpaired) electrons. The van der Waals surface area contributed by atoms with Gasteiger partial charge in [-0.3, -0.25) is 9.59 Å². The predicted molar refractivity (Wildman–Crippen MR) is 90.9 cm³/mol. The van der Waals surface area contributed by atoms with Gasteiger partial charge in [0.05, 0.1) is 0 Å². The first kappa shape index (κ1) is 15.5. The van der Waals surface area contributed by atoms with E-state index in [9.17, 15) is 9.59 Å². The summed E-state index contributed by atoms with van der Waals surface area (Å²) >= 11 is 0. The van der Waals surface area contributed by atoms with Gasteiger partial charge in [0.2, 0.25) is 0 Å². The zero-order valence-corrected chi connectivity index (χ0v) is 13.6. The maximum Gasteiger partial charge on any atom is 0.251 e. The van der Waals surface area contributed by atoms with Crippen molar-refractivity contribution in [2.75, 3.05) is 6.54 Å². The number of carbonyl (C=O) groups excluding carboxylic acids is 2. The molecule has 118 valence electrons. The van der Waals surface area contributed by atoms with E-state index in [1.54, 1.807) is 24.3 Å². The normalized spacial score (nSPS) is 15.0. The van der Waals surface area contributed by atoms with E-state index in [2.05, 4.69) is 30.4 Å². The number of benzene rings is 2. The van der Waals surface area contributed by atoms with E-state index in [0.29, 0.717) is 17.7 Å². The molecule has 0 spiro atoms. The molecule has 1 fully saturated rings. The van der Waals surface area contributed by atoms with E-state index < -0.39 is 0 Å². The summed E-state index contributed by atoms with van der Waals surface area (Å²) in [6.07, 6.45) is 2.23. The van der Waals surface area contributed by atoms with Crippen LogP contribution in [0.25, 0.3) is 0 Å². The fourth-order valence-electron chi connectivity index (χ4n) is 3.07.